The standard InChI is InChI=1S/C22H27N5O2S.3ClH/c1-15-14-24-22(23-6-3-7-27-10-8-26(2)9-11-27)25-20(15)19-12-16-4-5-17(21(28)29)13-18(16)30-19;;;/h4-5,12-14H,3,6-11H2,1-2H3,(H,28,29)(H,23,24,25);3*1H. The van der Waals surface area contributed by atoms with Crippen molar-refractivity contribution >= 4 is 70.6 Å². The number of hydrogen-bond donors (Lipinski definition) is 2. The van der Waals surface area contributed by atoms with Gasteiger partial charge in [0.05, 0.1) is 16.1 Å². The lowest BCUT2D eigenvalue weighted by Crippen LogP contribution is -2.44. The van der Waals surface area contributed by atoms with Crippen LogP contribution in [0, 0.1) is 6.92 Å². The summed E-state index contributed by atoms with van der Waals surface area (Å²) in [6.45, 7) is 8.47. The lowest BCUT2D eigenvalue weighted by atomic mass is 10.1. The monoisotopic (exact) mass is 533 g/mol. The summed E-state index contributed by atoms with van der Waals surface area (Å²) in [6.07, 6.45) is 2.90. The first-order valence-corrected chi connectivity index (χ1v) is 11.1. The molecule has 0 atom stereocenters. The highest BCUT2D eigenvalue weighted by atomic mass is 35.5. The second-order valence-electron chi connectivity index (χ2n) is 7.82. The van der Waals surface area contributed by atoms with Crippen LogP contribution in [-0.4, -0.2) is 77.2 Å². The van der Waals surface area contributed by atoms with Crippen LogP contribution in [0.4, 0.5) is 5.95 Å². The average Bonchev–Trinajstić information content (AvgIpc) is 3.16. The zero-order valence-corrected chi connectivity index (χ0v) is 21.9. The number of likely N-dealkylation sites (N-methyl/N-ethyl adjacent to an activating group) is 1. The number of halogens is 3. The van der Waals surface area contributed by atoms with Crippen LogP contribution in [0.15, 0.2) is 30.5 Å². The highest BCUT2D eigenvalue weighted by Crippen LogP contribution is 2.34. The van der Waals surface area contributed by atoms with Crippen molar-refractivity contribution in [2.45, 2.75) is 13.3 Å². The molecule has 182 valence electrons. The third-order valence-corrected chi connectivity index (χ3v) is 6.61. The van der Waals surface area contributed by atoms with Crippen LogP contribution in [0.25, 0.3) is 20.7 Å². The van der Waals surface area contributed by atoms with E-state index in [0.29, 0.717) is 11.5 Å². The van der Waals surface area contributed by atoms with Gasteiger partial charge in [0.1, 0.15) is 0 Å². The maximum atomic E-state index is 11.2. The topological polar surface area (TPSA) is 81.6 Å². The molecular formula is C22H30Cl3N5O2S. The van der Waals surface area contributed by atoms with Crippen molar-refractivity contribution in [1.29, 1.82) is 0 Å². The average molecular weight is 535 g/mol. The highest BCUT2D eigenvalue weighted by molar-refractivity contribution is 7.22. The van der Waals surface area contributed by atoms with Crippen LogP contribution < -0.4 is 5.32 Å². The van der Waals surface area contributed by atoms with Crippen molar-refractivity contribution in [2.75, 3.05) is 51.6 Å². The number of carbonyl (C=O) groups is 1. The summed E-state index contributed by atoms with van der Waals surface area (Å²) in [5, 5.41) is 13.6. The number of piperazine rings is 1. The van der Waals surface area contributed by atoms with Crippen LogP contribution in [0.3, 0.4) is 0 Å². The van der Waals surface area contributed by atoms with Gasteiger partial charge in [-0.1, -0.05) is 6.07 Å². The quantitative estimate of drug-likeness (QED) is 0.426. The number of nitrogens with zero attached hydrogens (tertiary/aromatic N) is 4. The lowest BCUT2D eigenvalue weighted by molar-refractivity contribution is 0.0697. The second kappa shape index (κ2) is 13.3. The zero-order valence-electron chi connectivity index (χ0n) is 18.6. The van der Waals surface area contributed by atoms with Crippen molar-refractivity contribution in [3.63, 3.8) is 0 Å². The van der Waals surface area contributed by atoms with E-state index in [1.165, 1.54) is 0 Å². The summed E-state index contributed by atoms with van der Waals surface area (Å²) in [5.41, 5.74) is 2.20. The van der Waals surface area contributed by atoms with Gasteiger partial charge in [-0.3, -0.25) is 0 Å². The maximum Gasteiger partial charge on any atom is 0.335 e. The number of fused-ring (bicyclic) bond motifs is 1. The first-order valence-electron chi connectivity index (χ1n) is 10.3. The fraction of sp³-hybridized carbons (Fsp3) is 0.409. The maximum absolute atomic E-state index is 11.2. The van der Waals surface area contributed by atoms with E-state index < -0.39 is 5.97 Å². The molecule has 7 nitrogen and oxygen atoms in total. The Kier molecular flexibility index (Phi) is 11.8. The number of carboxylic acid groups (broad SMARTS) is 1. The number of hydrogen-bond acceptors (Lipinski definition) is 7. The third kappa shape index (κ3) is 7.40. The molecule has 1 saturated heterocycles. The van der Waals surface area contributed by atoms with Crippen molar-refractivity contribution in [1.82, 2.24) is 19.8 Å². The Bertz CT molecular complexity index is 1060. The summed E-state index contributed by atoms with van der Waals surface area (Å²) >= 11 is 1.56. The summed E-state index contributed by atoms with van der Waals surface area (Å²) < 4.78 is 0.949. The number of nitrogens with one attached hydrogen (secondary N) is 1. The molecule has 11 heteroatoms. The molecule has 1 aromatic carbocycles. The van der Waals surface area contributed by atoms with E-state index >= 15 is 0 Å². The molecule has 3 heterocycles. The number of carboxylic acids is 1. The van der Waals surface area contributed by atoms with Gasteiger partial charge in [0.25, 0.3) is 0 Å². The summed E-state index contributed by atoms with van der Waals surface area (Å²) in [7, 11) is 2.17. The minimum Gasteiger partial charge on any atom is -0.478 e. The molecule has 0 unspecified atom stereocenters. The van der Waals surface area contributed by atoms with Crippen molar-refractivity contribution in [3.05, 3.63) is 41.6 Å². The van der Waals surface area contributed by atoms with E-state index in [1.54, 1.807) is 23.5 Å². The largest absolute Gasteiger partial charge is 0.478 e. The molecular weight excluding hydrogens is 505 g/mol. The first-order chi connectivity index (χ1) is 14.5. The van der Waals surface area contributed by atoms with Gasteiger partial charge >= 0.3 is 5.97 Å². The normalized spacial score (nSPS) is 14.1. The van der Waals surface area contributed by atoms with E-state index in [4.69, 9.17) is 4.98 Å². The van der Waals surface area contributed by atoms with Gasteiger partial charge in [0.2, 0.25) is 5.95 Å². The molecule has 0 bridgehead atoms. The molecule has 0 spiro atoms. The van der Waals surface area contributed by atoms with Gasteiger partial charge in [-0.05, 0) is 56.1 Å². The molecule has 1 aliphatic heterocycles. The Morgan fingerprint density at radius 2 is 1.88 bits per heavy atom. The van der Waals surface area contributed by atoms with Crippen molar-refractivity contribution < 1.29 is 9.90 Å². The van der Waals surface area contributed by atoms with E-state index in [-0.39, 0.29) is 37.2 Å². The predicted molar refractivity (Wildman–Crippen MR) is 143 cm³/mol. The van der Waals surface area contributed by atoms with E-state index in [0.717, 1.165) is 71.9 Å². The minimum absolute atomic E-state index is 0. The SMILES string of the molecule is Cc1cnc(NCCCN2CCN(C)CC2)nc1-c1cc2ccc(C(=O)O)cc2s1.Cl.Cl.Cl. The smallest absolute Gasteiger partial charge is 0.335 e. The van der Waals surface area contributed by atoms with Crippen LogP contribution in [0.2, 0.25) is 0 Å². The molecule has 1 fully saturated rings. The zero-order chi connectivity index (χ0) is 21.1. The second-order valence-corrected chi connectivity index (χ2v) is 8.90. The molecule has 1 aliphatic rings. The molecule has 0 saturated carbocycles. The van der Waals surface area contributed by atoms with E-state index in [2.05, 4.69) is 33.2 Å². The Morgan fingerprint density at radius 1 is 1.15 bits per heavy atom. The minimum atomic E-state index is -0.909. The Morgan fingerprint density at radius 3 is 2.58 bits per heavy atom. The number of benzene rings is 1. The Balaban J connectivity index is 0.00000181. The molecule has 0 aliphatic carbocycles. The number of thiophene rings is 1. The van der Waals surface area contributed by atoms with E-state index in [1.807, 2.05) is 19.2 Å². The number of aromatic carboxylic acids is 1. The number of anilines is 1. The third-order valence-electron chi connectivity index (χ3n) is 5.50. The van der Waals surface area contributed by atoms with E-state index in [9.17, 15) is 9.90 Å². The van der Waals surface area contributed by atoms with Crippen LogP contribution >= 0.6 is 48.6 Å². The number of aromatic nitrogens is 2. The first kappa shape index (κ1) is 29.4. The summed E-state index contributed by atoms with van der Waals surface area (Å²) in [6, 6.07) is 7.28. The van der Waals surface area contributed by atoms with Gasteiger partial charge in [0, 0.05) is 43.6 Å². The van der Waals surface area contributed by atoms with Gasteiger partial charge in [-0.25, -0.2) is 14.8 Å². The number of rotatable bonds is 7. The van der Waals surface area contributed by atoms with Gasteiger partial charge < -0.3 is 20.2 Å². The van der Waals surface area contributed by atoms with Crippen LogP contribution in [0.1, 0.15) is 22.3 Å². The lowest BCUT2D eigenvalue weighted by Gasteiger charge is -2.32. The van der Waals surface area contributed by atoms with Gasteiger partial charge in [-0.2, -0.15) is 0 Å². The summed E-state index contributed by atoms with van der Waals surface area (Å²) in [5.74, 6) is -0.272. The molecule has 3 aromatic rings. The highest BCUT2D eigenvalue weighted by Gasteiger charge is 2.14. The summed E-state index contributed by atoms with van der Waals surface area (Å²) in [4.78, 5) is 26.3. The molecule has 33 heavy (non-hydrogen) atoms. The van der Waals surface area contributed by atoms with Gasteiger partial charge in [0.15, 0.2) is 0 Å². The van der Waals surface area contributed by atoms with Gasteiger partial charge in [-0.15, -0.1) is 48.6 Å². The fourth-order valence-corrected chi connectivity index (χ4v) is 4.79. The predicted octanol–water partition coefficient (Wildman–Crippen LogP) is 4.68. The molecule has 2 aromatic heterocycles. The Hall–Kier alpha value is -1.68. The van der Waals surface area contributed by atoms with Crippen molar-refractivity contribution in [2.24, 2.45) is 0 Å². The molecule has 4 rings (SSSR count). The molecule has 0 radical (unpaired) electrons. The Labute approximate surface area is 216 Å². The number of aryl methyl sites for hydroxylation is 1. The van der Waals surface area contributed by atoms with Crippen LogP contribution in [0.5, 0.6) is 0 Å². The fourth-order valence-electron chi connectivity index (χ4n) is 3.63. The molecule has 0 amide bonds. The van der Waals surface area contributed by atoms with Crippen molar-refractivity contribution in [3.8, 4) is 10.6 Å². The van der Waals surface area contributed by atoms with Crippen LogP contribution in [-0.2, 0) is 0 Å². The molecule has 2 N–H and O–H groups in total.